The highest BCUT2D eigenvalue weighted by atomic mass is 32.1. The lowest BCUT2D eigenvalue weighted by Gasteiger charge is -2.31. The number of hydrogen-bond acceptors (Lipinski definition) is 4. The summed E-state index contributed by atoms with van der Waals surface area (Å²) >= 11 is 1.71. The number of pyridine rings is 1. The van der Waals surface area contributed by atoms with E-state index in [-0.39, 0.29) is 16.9 Å². The van der Waals surface area contributed by atoms with E-state index in [1.54, 1.807) is 16.2 Å². The summed E-state index contributed by atoms with van der Waals surface area (Å²) in [5.41, 5.74) is 1.29. The molecule has 0 aliphatic carbocycles. The van der Waals surface area contributed by atoms with Crippen LogP contribution in [0.2, 0.25) is 0 Å². The fraction of sp³-hybridized carbons (Fsp3) is 0.500. The second-order valence-electron chi connectivity index (χ2n) is 7.24. The number of nitrogens with zero attached hydrogens (tertiary/aromatic N) is 3. The van der Waals surface area contributed by atoms with Gasteiger partial charge in [0.05, 0.1) is 22.5 Å². The van der Waals surface area contributed by atoms with Crippen molar-refractivity contribution < 1.29 is 9.18 Å². The normalized spacial score (nSPS) is 16.4. The van der Waals surface area contributed by atoms with Crippen molar-refractivity contribution in [2.24, 2.45) is 0 Å². The molecule has 128 valence electrons. The van der Waals surface area contributed by atoms with Crippen LogP contribution in [0.4, 0.5) is 4.39 Å². The lowest BCUT2D eigenvalue weighted by Crippen LogP contribution is -2.38. The van der Waals surface area contributed by atoms with Gasteiger partial charge in [-0.15, -0.1) is 11.3 Å². The third-order valence-electron chi connectivity index (χ3n) is 4.42. The van der Waals surface area contributed by atoms with Crippen molar-refractivity contribution in [2.75, 3.05) is 13.1 Å². The van der Waals surface area contributed by atoms with E-state index in [4.69, 9.17) is 4.98 Å². The summed E-state index contributed by atoms with van der Waals surface area (Å²) in [5, 5.41) is 3.29. The summed E-state index contributed by atoms with van der Waals surface area (Å²) < 4.78 is 13.7. The molecule has 1 aliphatic heterocycles. The molecule has 4 nitrogen and oxygen atoms in total. The molecule has 0 saturated carbocycles. The third-order valence-corrected chi connectivity index (χ3v) is 5.43. The Labute approximate surface area is 145 Å². The maximum Gasteiger partial charge on any atom is 0.256 e. The monoisotopic (exact) mass is 347 g/mol. The van der Waals surface area contributed by atoms with Crippen LogP contribution in [0, 0.1) is 5.82 Å². The maximum atomic E-state index is 13.7. The maximum absolute atomic E-state index is 13.7. The molecule has 0 N–H and O–H groups in total. The second-order valence-corrected chi connectivity index (χ2v) is 8.13. The summed E-state index contributed by atoms with van der Waals surface area (Å²) in [6.45, 7) is 7.76. The molecule has 3 heterocycles. The molecule has 6 heteroatoms. The minimum absolute atomic E-state index is 0.0598. The Hall–Kier alpha value is -1.82. The van der Waals surface area contributed by atoms with Crippen molar-refractivity contribution in [1.82, 2.24) is 14.9 Å². The van der Waals surface area contributed by atoms with Gasteiger partial charge in [0.25, 0.3) is 5.91 Å². The van der Waals surface area contributed by atoms with Crippen molar-refractivity contribution in [3.05, 3.63) is 45.9 Å². The number of carbonyl (C=O) groups excluding carboxylic acids is 1. The molecule has 1 amide bonds. The SMILES string of the molecule is CC(C)(C)c1csc(C2CCN(C(=O)c3ccncc3F)CC2)n1. The lowest BCUT2D eigenvalue weighted by atomic mass is 9.93. The van der Waals surface area contributed by atoms with E-state index < -0.39 is 5.82 Å². The van der Waals surface area contributed by atoms with Crippen molar-refractivity contribution >= 4 is 17.2 Å². The van der Waals surface area contributed by atoms with E-state index in [9.17, 15) is 9.18 Å². The van der Waals surface area contributed by atoms with Crippen molar-refractivity contribution in [1.29, 1.82) is 0 Å². The fourth-order valence-electron chi connectivity index (χ4n) is 2.87. The van der Waals surface area contributed by atoms with Crippen molar-refractivity contribution in [3.8, 4) is 0 Å². The van der Waals surface area contributed by atoms with E-state index in [0.717, 1.165) is 29.7 Å². The minimum atomic E-state index is -0.556. The zero-order chi connectivity index (χ0) is 17.3. The van der Waals surface area contributed by atoms with Gasteiger partial charge in [0.15, 0.2) is 5.82 Å². The lowest BCUT2D eigenvalue weighted by molar-refractivity contribution is 0.0708. The number of piperidine rings is 1. The topological polar surface area (TPSA) is 46.1 Å². The van der Waals surface area contributed by atoms with Gasteiger partial charge < -0.3 is 4.90 Å². The molecular formula is C18H22FN3OS. The van der Waals surface area contributed by atoms with Crippen LogP contribution < -0.4 is 0 Å². The first-order valence-electron chi connectivity index (χ1n) is 8.21. The quantitative estimate of drug-likeness (QED) is 0.825. The molecule has 3 rings (SSSR count). The summed E-state index contributed by atoms with van der Waals surface area (Å²) in [6, 6.07) is 1.44. The molecule has 0 radical (unpaired) electrons. The third kappa shape index (κ3) is 3.48. The van der Waals surface area contributed by atoms with Gasteiger partial charge in [-0.1, -0.05) is 20.8 Å². The Bertz CT molecular complexity index is 730. The van der Waals surface area contributed by atoms with Crippen LogP contribution in [-0.4, -0.2) is 33.9 Å². The smallest absolute Gasteiger partial charge is 0.256 e. The predicted octanol–water partition coefficient (Wildman–Crippen LogP) is 3.99. The Morgan fingerprint density at radius 2 is 2.04 bits per heavy atom. The molecule has 1 fully saturated rings. The first-order chi connectivity index (χ1) is 11.4. The summed E-state index contributed by atoms with van der Waals surface area (Å²) in [7, 11) is 0. The Morgan fingerprint density at radius 3 is 2.62 bits per heavy atom. The highest BCUT2D eigenvalue weighted by molar-refractivity contribution is 7.09. The van der Waals surface area contributed by atoms with Crippen molar-refractivity contribution in [2.45, 2.75) is 44.9 Å². The number of rotatable bonds is 2. The molecule has 0 spiro atoms. The highest BCUT2D eigenvalue weighted by Crippen LogP contribution is 2.33. The molecule has 2 aromatic heterocycles. The molecular weight excluding hydrogens is 325 g/mol. The standard InChI is InChI=1S/C18H22FN3OS/c1-18(2,3)15-11-24-16(21-15)12-5-8-22(9-6-12)17(23)13-4-7-20-10-14(13)19/h4,7,10-12H,5-6,8-9H2,1-3H3. The summed E-state index contributed by atoms with van der Waals surface area (Å²) in [4.78, 5) is 22.7. The Balaban J connectivity index is 1.65. The van der Waals surface area contributed by atoms with Gasteiger partial charge in [-0.2, -0.15) is 0 Å². The van der Waals surface area contributed by atoms with Crippen LogP contribution in [0.3, 0.4) is 0 Å². The molecule has 1 saturated heterocycles. The van der Waals surface area contributed by atoms with Crippen LogP contribution in [0.5, 0.6) is 0 Å². The second kappa shape index (κ2) is 6.59. The molecule has 1 aliphatic rings. The molecule has 2 aromatic rings. The number of thiazole rings is 1. The number of likely N-dealkylation sites (tertiary alicyclic amines) is 1. The molecule has 0 unspecified atom stereocenters. The predicted molar refractivity (Wildman–Crippen MR) is 92.9 cm³/mol. The van der Waals surface area contributed by atoms with E-state index in [1.165, 1.54) is 12.3 Å². The van der Waals surface area contributed by atoms with Crippen LogP contribution in [0.1, 0.15) is 60.6 Å². The van der Waals surface area contributed by atoms with Gasteiger partial charge in [-0.05, 0) is 18.9 Å². The zero-order valence-corrected chi connectivity index (χ0v) is 15.1. The molecule has 24 heavy (non-hydrogen) atoms. The summed E-state index contributed by atoms with van der Waals surface area (Å²) in [6.07, 6.45) is 4.28. The minimum Gasteiger partial charge on any atom is -0.339 e. The van der Waals surface area contributed by atoms with Crippen LogP contribution in [-0.2, 0) is 5.41 Å². The van der Waals surface area contributed by atoms with Gasteiger partial charge in [-0.3, -0.25) is 9.78 Å². The van der Waals surface area contributed by atoms with E-state index >= 15 is 0 Å². The van der Waals surface area contributed by atoms with Gasteiger partial charge in [0.2, 0.25) is 0 Å². The van der Waals surface area contributed by atoms with Crippen LogP contribution >= 0.6 is 11.3 Å². The number of halogens is 1. The van der Waals surface area contributed by atoms with Gasteiger partial charge in [-0.25, -0.2) is 9.37 Å². The average molecular weight is 347 g/mol. The highest BCUT2D eigenvalue weighted by Gasteiger charge is 2.28. The average Bonchev–Trinajstić information content (AvgIpc) is 3.05. The van der Waals surface area contributed by atoms with Crippen LogP contribution in [0.15, 0.2) is 23.8 Å². The van der Waals surface area contributed by atoms with Crippen molar-refractivity contribution in [3.63, 3.8) is 0 Å². The number of aromatic nitrogens is 2. The molecule has 0 aromatic carbocycles. The van der Waals surface area contributed by atoms with Crippen LogP contribution in [0.25, 0.3) is 0 Å². The molecule has 0 atom stereocenters. The number of carbonyl (C=O) groups is 1. The van der Waals surface area contributed by atoms with E-state index in [2.05, 4.69) is 31.1 Å². The van der Waals surface area contributed by atoms with Gasteiger partial charge in [0.1, 0.15) is 0 Å². The fourth-order valence-corrected chi connectivity index (χ4v) is 4.09. The first kappa shape index (κ1) is 17.0. The number of amides is 1. The van der Waals surface area contributed by atoms with E-state index in [0.29, 0.717) is 19.0 Å². The zero-order valence-electron chi connectivity index (χ0n) is 14.3. The van der Waals surface area contributed by atoms with Gasteiger partial charge >= 0.3 is 0 Å². The largest absolute Gasteiger partial charge is 0.339 e. The summed E-state index contributed by atoms with van der Waals surface area (Å²) in [5.74, 6) is -0.417. The number of hydrogen-bond donors (Lipinski definition) is 0. The van der Waals surface area contributed by atoms with E-state index in [1.807, 2.05) is 0 Å². The Morgan fingerprint density at radius 1 is 1.33 bits per heavy atom. The van der Waals surface area contributed by atoms with Gasteiger partial charge in [0, 0.05) is 36.0 Å². The molecule has 0 bridgehead atoms. The Kier molecular flexibility index (Phi) is 4.67. The first-order valence-corrected chi connectivity index (χ1v) is 9.09.